The summed E-state index contributed by atoms with van der Waals surface area (Å²) < 4.78 is 5.55. The second-order valence-corrected chi connectivity index (χ2v) is 8.73. The molecule has 176 valence electrons. The molecule has 2 unspecified atom stereocenters. The highest BCUT2D eigenvalue weighted by molar-refractivity contribution is 5.86. The van der Waals surface area contributed by atoms with Crippen molar-refractivity contribution < 1.29 is 24.2 Å². The maximum atomic E-state index is 12.6. The summed E-state index contributed by atoms with van der Waals surface area (Å²) in [6.45, 7) is 2.39. The highest BCUT2D eigenvalue weighted by atomic mass is 16.5. The normalized spacial score (nSPS) is 14.2. The highest BCUT2D eigenvalue weighted by Gasteiger charge is 2.30. The van der Waals surface area contributed by atoms with Crippen molar-refractivity contribution in [1.29, 1.82) is 0 Å². The zero-order chi connectivity index (χ0) is 24.0. The molecule has 3 rings (SSSR count). The van der Waals surface area contributed by atoms with Gasteiger partial charge >= 0.3 is 12.1 Å². The first-order valence-electron chi connectivity index (χ1n) is 11.0. The van der Waals surface area contributed by atoms with Crippen LogP contribution >= 0.6 is 0 Å². The molecule has 0 bridgehead atoms. The molecule has 33 heavy (non-hydrogen) atoms. The first kappa shape index (κ1) is 24.3. The van der Waals surface area contributed by atoms with E-state index in [0.29, 0.717) is 0 Å². The largest absolute Gasteiger partial charge is 0.481 e. The van der Waals surface area contributed by atoms with Crippen molar-refractivity contribution in [2.24, 2.45) is 5.92 Å². The van der Waals surface area contributed by atoms with Crippen molar-refractivity contribution in [2.75, 3.05) is 33.8 Å². The van der Waals surface area contributed by atoms with E-state index in [4.69, 9.17) is 9.84 Å². The Balaban J connectivity index is 1.60. The standard InChI is InChI=1S/C25H31N3O5/c1-16(12-23(29)30)13-26-24(31)22(14-28(2)3)27-25(32)33-15-21-19-10-6-4-8-17(19)18-9-5-7-11-20(18)21/h4-11,16,21-22H,12-15H2,1-3H3,(H,26,31)(H,27,32)(H,29,30). The third kappa shape index (κ3) is 6.32. The van der Waals surface area contributed by atoms with Gasteiger partial charge in [0.1, 0.15) is 12.6 Å². The Labute approximate surface area is 193 Å². The minimum atomic E-state index is -0.918. The fraction of sp³-hybridized carbons (Fsp3) is 0.400. The molecule has 2 amide bonds. The van der Waals surface area contributed by atoms with Gasteiger partial charge in [-0.05, 0) is 42.3 Å². The summed E-state index contributed by atoms with van der Waals surface area (Å²) >= 11 is 0. The molecule has 2 aromatic carbocycles. The van der Waals surface area contributed by atoms with Crippen molar-refractivity contribution in [1.82, 2.24) is 15.5 Å². The van der Waals surface area contributed by atoms with Gasteiger partial charge in [0.05, 0.1) is 0 Å². The molecule has 2 aromatic rings. The lowest BCUT2D eigenvalue weighted by Gasteiger charge is -2.23. The maximum absolute atomic E-state index is 12.6. The van der Waals surface area contributed by atoms with E-state index in [2.05, 4.69) is 22.8 Å². The zero-order valence-corrected chi connectivity index (χ0v) is 19.2. The van der Waals surface area contributed by atoms with Crippen molar-refractivity contribution in [2.45, 2.75) is 25.3 Å². The molecule has 8 heteroatoms. The number of carbonyl (C=O) groups excluding carboxylic acids is 2. The number of hydrogen-bond donors (Lipinski definition) is 3. The zero-order valence-electron chi connectivity index (χ0n) is 19.2. The molecular formula is C25H31N3O5. The van der Waals surface area contributed by atoms with Crippen LogP contribution in [-0.2, 0) is 14.3 Å². The van der Waals surface area contributed by atoms with E-state index in [1.54, 1.807) is 25.9 Å². The Kier molecular flexibility index (Phi) is 8.06. The number of likely N-dealkylation sites (N-methyl/N-ethyl adjacent to an activating group) is 1. The summed E-state index contributed by atoms with van der Waals surface area (Å²) in [5.41, 5.74) is 4.51. The van der Waals surface area contributed by atoms with Gasteiger partial charge < -0.3 is 25.4 Å². The van der Waals surface area contributed by atoms with Crippen LogP contribution < -0.4 is 10.6 Å². The monoisotopic (exact) mass is 453 g/mol. The number of aliphatic carboxylic acids is 1. The van der Waals surface area contributed by atoms with Crippen molar-refractivity contribution in [3.63, 3.8) is 0 Å². The van der Waals surface area contributed by atoms with E-state index in [9.17, 15) is 14.4 Å². The summed E-state index contributed by atoms with van der Waals surface area (Å²) in [4.78, 5) is 37.8. The molecule has 0 heterocycles. The van der Waals surface area contributed by atoms with Crippen LogP contribution in [0.1, 0.15) is 30.4 Å². The quantitative estimate of drug-likeness (QED) is 0.511. The van der Waals surface area contributed by atoms with Crippen LogP contribution in [-0.4, -0.2) is 67.8 Å². The summed E-state index contributed by atoms with van der Waals surface area (Å²) in [6, 6.07) is 15.3. The van der Waals surface area contributed by atoms with Crippen molar-refractivity contribution >= 4 is 18.0 Å². The van der Waals surface area contributed by atoms with Crippen LogP contribution in [0.2, 0.25) is 0 Å². The van der Waals surface area contributed by atoms with Gasteiger partial charge in [-0.3, -0.25) is 9.59 Å². The Morgan fingerprint density at radius 2 is 1.61 bits per heavy atom. The summed E-state index contributed by atoms with van der Waals surface area (Å²) in [7, 11) is 3.60. The average molecular weight is 454 g/mol. The van der Waals surface area contributed by atoms with Crippen molar-refractivity contribution in [3.05, 3.63) is 59.7 Å². The Morgan fingerprint density at radius 1 is 1.03 bits per heavy atom. The molecule has 1 aliphatic rings. The highest BCUT2D eigenvalue weighted by Crippen LogP contribution is 2.44. The molecule has 2 atom stereocenters. The minimum absolute atomic E-state index is 0.0432. The number of rotatable bonds is 10. The van der Waals surface area contributed by atoms with Crippen LogP contribution in [0.25, 0.3) is 11.1 Å². The Hall–Kier alpha value is -3.39. The smallest absolute Gasteiger partial charge is 0.407 e. The third-order valence-corrected chi connectivity index (χ3v) is 5.65. The lowest BCUT2D eigenvalue weighted by molar-refractivity contribution is -0.138. The number of carboxylic acids is 1. The lowest BCUT2D eigenvalue weighted by Crippen LogP contribution is -2.52. The molecule has 0 saturated carbocycles. The number of ether oxygens (including phenoxy) is 1. The second kappa shape index (κ2) is 11.0. The van der Waals surface area contributed by atoms with Gasteiger partial charge in [0, 0.05) is 25.4 Å². The van der Waals surface area contributed by atoms with E-state index >= 15 is 0 Å². The van der Waals surface area contributed by atoms with E-state index in [-0.39, 0.29) is 43.9 Å². The van der Waals surface area contributed by atoms with E-state index < -0.39 is 18.1 Å². The number of nitrogens with one attached hydrogen (secondary N) is 2. The van der Waals surface area contributed by atoms with Gasteiger partial charge in [0.2, 0.25) is 5.91 Å². The maximum Gasteiger partial charge on any atom is 0.407 e. The number of nitrogens with zero attached hydrogens (tertiary/aromatic N) is 1. The molecule has 0 aliphatic heterocycles. The fourth-order valence-corrected chi connectivity index (χ4v) is 4.11. The summed E-state index contributed by atoms with van der Waals surface area (Å²) in [6.07, 6.45) is -0.712. The molecule has 0 spiro atoms. The molecule has 8 nitrogen and oxygen atoms in total. The first-order valence-corrected chi connectivity index (χ1v) is 11.0. The predicted molar refractivity (Wildman–Crippen MR) is 125 cm³/mol. The van der Waals surface area contributed by atoms with Crippen LogP contribution in [0.4, 0.5) is 4.79 Å². The topological polar surface area (TPSA) is 108 Å². The number of carboxylic acid groups (broad SMARTS) is 1. The van der Waals surface area contributed by atoms with Gasteiger partial charge in [-0.25, -0.2) is 4.79 Å². The number of carbonyl (C=O) groups is 3. The van der Waals surface area contributed by atoms with Gasteiger partial charge in [0.15, 0.2) is 0 Å². The van der Waals surface area contributed by atoms with Gasteiger partial charge in [-0.15, -0.1) is 0 Å². The van der Waals surface area contributed by atoms with Gasteiger partial charge in [0.25, 0.3) is 0 Å². The Bertz CT molecular complexity index is 962. The minimum Gasteiger partial charge on any atom is -0.481 e. The molecule has 0 fully saturated rings. The van der Waals surface area contributed by atoms with Crippen LogP contribution in [0.15, 0.2) is 48.5 Å². The van der Waals surface area contributed by atoms with Crippen LogP contribution in [0.3, 0.4) is 0 Å². The van der Waals surface area contributed by atoms with Gasteiger partial charge in [-0.1, -0.05) is 55.5 Å². The summed E-state index contributed by atoms with van der Waals surface area (Å²) in [5, 5.41) is 14.3. The first-order chi connectivity index (χ1) is 15.8. The van der Waals surface area contributed by atoms with Crippen molar-refractivity contribution in [3.8, 4) is 11.1 Å². The summed E-state index contributed by atoms with van der Waals surface area (Å²) in [5.74, 6) is -1.59. The average Bonchev–Trinajstić information content (AvgIpc) is 3.08. The molecule has 0 radical (unpaired) electrons. The second-order valence-electron chi connectivity index (χ2n) is 8.73. The predicted octanol–water partition coefficient (Wildman–Crippen LogP) is 2.68. The SMILES string of the molecule is CC(CNC(=O)C(CN(C)C)NC(=O)OCC1c2ccccc2-c2ccccc21)CC(=O)O. The number of fused-ring (bicyclic) bond motifs is 3. The van der Waals surface area contributed by atoms with E-state index in [0.717, 1.165) is 22.3 Å². The molecule has 3 N–H and O–H groups in total. The molecule has 0 saturated heterocycles. The molecule has 1 aliphatic carbocycles. The number of hydrogen-bond acceptors (Lipinski definition) is 5. The fourth-order valence-electron chi connectivity index (χ4n) is 4.11. The molecule has 0 aromatic heterocycles. The number of amides is 2. The van der Waals surface area contributed by atoms with Crippen LogP contribution in [0, 0.1) is 5.92 Å². The van der Waals surface area contributed by atoms with Crippen LogP contribution in [0.5, 0.6) is 0 Å². The number of alkyl carbamates (subject to hydrolysis) is 1. The third-order valence-electron chi connectivity index (χ3n) is 5.65. The van der Waals surface area contributed by atoms with E-state index in [1.807, 2.05) is 36.4 Å². The Morgan fingerprint density at radius 3 is 2.15 bits per heavy atom. The van der Waals surface area contributed by atoms with E-state index in [1.165, 1.54) is 0 Å². The number of benzene rings is 2. The lowest BCUT2D eigenvalue weighted by atomic mass is 9.98. The molecular weight excluding hydrogens is 422 g/mol. The van der Waals surface area contributed by atoms with Gasteiger partial charge in [-0.2, -0.15) is 0 Å².